The van der Waals surface area contributed by atoms with Crippen molar-refractivity contribution in [1.82, 2.24) is 19.5 Å². The van der Waals surface area contributed by atoms with Gasteiger partial charge < -0.3 is 23.5 Å². The van der Waals surface area contributed by atoms with Gasteiger partial charge in [0.1, 0.15) is 36.4 Å². The Kier molecular flexibility index (Phi) is 6.32. The molecule has 0 aromatic carbocycles. The summed E-state index contributed by atoms with van der Waals surface area (Å²) in [5.41, 5.74) is -0.837. The largest absolute Gasteiger partial charge is 0.443 e. The van der Waals surface area contributed by atoms with E-state index in [0.717, 1.165) is 0 Å². The van der Waals surface area contributed by atoms with Crippen LogP contribution in [-0.4, -0.2) is 67.6 Å². The number of halogens is 1. The standard InChI is InChI=1S/C24H32FN5O6/c1-22(2,3)35-20(31)30(21(32)36-23(4,5)6)19-15-18(26-11-27-19)29(12-28-15)14-9-13(10-25)16-17(14)34-24(7,8)33-16/h9,11-12,14,16-17H,10H2,1-8H3. The Labute approximate surface area is 208 Å². The monoisotopic (exact) mass is 505 g/mol. The Morgan fingerprint density at radius 3 is 2.22 bits per heavy atom. The van der Waals surface area contributed by atoms with Crippen LogP contribution in [0.2, 0.25) is 0 Å². The highest BCUT2D eigenvalue weighted by atomic mass is 19.1. The lowest BCUT2D eigenvalue weighted by Crippen LogP contribution is -2.44. The molecule has 1 aliphatic carbocycles. The number of imidazole rings is 1. The van der Waals surface area contributed by atoms with Crippen LogP contribution in [0.3, 0.4) is 0 Å². The molecule has 11 nitrogen and oxygen atoms in total. The highest BCUT2D eigenvalue weighted by Gasteiger charge is 2.51. The van der Waals surface area contributed by atoms with Crippen molar-refractivity contribution >= 4 is 29.2 Å². The van der Waals surface area contributed by atoms with Gasteiger partial charge in [-0.2, -0.15) is 4.90 Å². The van der Waals surface area contributed by atoms with Gasteiger partial charge in [0.2, 0.25) is 0 Å². The normalized spacial score (nSPS) is 23.4. The van der Waals surface area contributed by atoms with Crippen molar-refractivity contribution in [2.75, 3.05) is 11.6 Å². The lowest BCUT2D eigenvalue weighted by atomic mass is 10.1. The number of carbonyl (C=O) groups excluding carboxylic acids is 2. The first-order valence-corrected chi connectivity index (χ1v) is 11.7. The lowest BCUT2D eigenvalue weighted by Gasteiger charge is -2.28. The first-order valence-electron chi connectivity index (χ1n) is 11.7. The number of imide groups is 1. The minimum Gasteiger partial charge on any atom is -0.443 e. The van der Waals surface area contributed by atoms with E-state index in [1.807, 2.05) is 0 Å². The zero-order valence-electron chi connectivity index (χ0n) is 21.7. The Morgan fingerprint density at radius 2 is 1.67 bits per heavy atom. The predicted octanol–water partition coefficient (Wildman–Crippen LogP) is 4.47. The molecular weight excluding hydrogens is 473 g/mol. The van der Waals surface area contributed by atoms with Crippen LogP contribution in [-0.2, 0) is 18.9 Å². The molecule has 3 unspecified atom stereocenters. The van der Waals surface area contributed by atoms with Crippen LogP contribution in [0.5, 0.6) is 0 Å². The number of fused-ring (bicyclic) bond motifs is 2. The number of rotatable bonds is 3. The van der Waals surface area contributed by atoms with Gasteiger partial charge in [-0.05, 0) is 61.0 Å². The van der Waals surface area contributed by atoms with E-state index in [1.165, 1.54) is 12.7 Å². The summed E-state index contributed by atoms with van der Waals surface area (Å²) in [6.07, 6.45) is 1.43. The highest BCUT2D eigenvalue weighted by molar-refractivity contribution is 6.12. The molecule has 0 N–H and O–H groups in total. The van der Waals surface area contributed by atoms with Gasteiger partial charge in [0.15, 0.2) is 22.8 Å². The molecule has 0 spiro atoms. The van der Waals surface area contributed by atoms with Gasteiger partial charge in [0, 0.05) is 0 Å². The van der Waals surface area contributed by atoms with Crippen LogP contribution in [0.4, 0.5) is 19.8 Å². The lowest BCUT2D eigenvalue weighted by molar-refractivity contribution is -0.148. The molecule has 0 saturated carbocycles. The summed E-state index contributed by atoms with van der Waals surface area (Å²) in [7, 11) is 0. The van der Waals surface area contributed by atoms with Gasteiger partial charge >= 0.3 is 12.2 Å². The second-order valence-corrected chi connectivity index (χ2v) is 11.2. The molecule has 2 aromatic rings. The van der Waals surface area contributed by atoms with E-state index in [2.05, 4.69) is 15.0 Å². The average Bonchev–Trinajstić information content (AvgIpc) is 3.36. The summed E-state index contributed by atoms with van der Waals surface area (Å²) in [5, 5.41) is 0. The van der Waals surface area contributed by atoms with E-state index >= 15 is 0 Å². The fourth-order valence-corrected chi connectivity index (χ4v) is 4.18. The molecular formula is C24H32FN5O6. The first kappa shape index (κ1) is 26.0. The van der Waals surface area contributed by atoms with Crippen molar-refractivity contribution in [3.05, 3.63) is 24.3 Å². The summed E-state index contributed by atoms with van der Waals surface area (Å²) >= 11 is 0. The average molecular weight is 506 g/mol. The number of amides is 2. The minimum atomic E-state index is -0.971. The van der Waals surface area contributed by atoms with Gasteiger partial charge in [-0.25, -0.2) is 28.9 Å². The molecule has 3 heterocycles. The second kappa shape index (κ2) is 8.77. The van der Waals surface area contributed by atoms with Gasteiger partial charge in [0.25, 0.3) is 0 Å². The Morgan fingerprint density at radius 1 is 1.06 bits per heavy atom. The molecule has 1 saturated heterocycles. The molecule has 2 aromatic heterocycles. The van der Waals surface area contributed by atoms with Crippen molar-refractivity contribution in [3.63, 3.8) is 0 Å². The number of hydrogen-bond acceptors (Lipinski definition) is 9. The summed E-state index contributed by atoms with van der Waals surface area (Å²) in [6, 6.07) is -0.480. The molecule has 3 atom stereocenters. The van der Waals surface area contributed by atoms with E-state index in [4.69, 9.17) is 18.9 Å². The van der Waals surface area contributed by atoms with E-state index in [1.54, 1.807) is 66.0 Å². The fourth-order valence-electron chi connectivity index (χ4n) is 4.18. The number of carbonyl (C=O) groups is 2. The third kappa shape index (κ3) is 5.05. The topological polar surface area (TPSA) is 118 Å². The summed E-state index contributed by atoms with van der Waals surface area (Å²) in [4.78, 5) is 39.9. The van der Waals surface area contributed by atoms with E-state index in [9.17, 15) is 14.0 Å². The fraction of sp³-hybridized carbons (Fsp3) is 0.625. The molecule has 12 heteroatoms. The van der Waals surface area contributed by atoms with Crippen LogP contribution >= 0.6 is 0 Å². The third-order valence-electron chi connectivity index (χ3n) is 5.39. The van der Waals surface area contributed by atoms with Crippen molar-refractivity contribution in [3.8, 4) is 0 Å². The van der Waals surface area contributed by atoms with Crippen LogP contribution in [0.25, 0.3) is 11.2 Å². The molecule has 196 valence electrons. The van der Waals surface area contributed by atoms with Crippen molar-refractivity contribution < 1.29 is 32.9 Å². The van der Waals surface area contributed by atoms with Crippen molar-refractivity contribution in [2.24, 2.45) is 0 Å². The van der Waals surface area contributed by atoms with Crippen LogP contribution in [0, 0.1) is 0 Å². The smallest absolute Gasteiger partial charge is 0.425 e. The van der Waals surface area contributed by atoms with Crippen LogP contribution in [0.1, 0.15) is 61.4 Å². The maximum absolute atomic E-state index is 13.8. The number of aromatic nitrogens is 4. The van der Waals surface area contributed by atoms with Crippen LogP contribution < -0.4 is 4.90 Å². The number of hydrogen-bond donors (Lipinski definition) is 0. The van der Waals surface area contributed by atoms with Gasteiger partial charge in [-0.15, -0.1) is 0 Å². The molecule has 1 aliphatic heterocycles. The highest BCUT2D eigenvalue weighted by Crippen LogP contribution is 2.44. The SMILES string of the molecule is CC(C)(C)OC(=O)N(C(=O)OC(C)(C)C)c1ncnc2c1ncn2C1C=C(CF)C2OC(C)(C)OC21. The summed E-state index contributed by atoms with van der Waals surface area (Å²) in [6.45, 7) is 12.9. The van der Waals surface area contributed by atoms with Gasteiger partial charge in [-0.3, -0.25) is 0 Å². The zero-order valence-corrected chi connectivity index (χ0v) is 21.7. The van der Waals surface area contributed by atoms with Crippen molar-refractivity contribution in [1.29, 1.82) is 0 Å². The minimum absolute atomic E-state index is 0.101. The van der Waals surface area contributed by atoms with Crippen LogP contribution in [0.15, 0.2) is 24.3 Å². The maximum atomic E-state index is 13.8. The number of nitrogens with zero attached hydrogens (tertiary/aromatic N) is 5. The quantitative estimate of drug-likeness (QED) is 0.557. The number of ether oxygens (including phenoxy) is 4. The predicted molar refractivity (Wildman–Crippen MR) is 127 cm³/mol. The number of anilines is 1. The Balaban J connectivity index is 1.78. The Hall–Kier alpha value is -3.12. The first-order chi connectivity index (χ1) is 16.6. The molecule has 0 radical (unpaired) electrons. The zero-order chi connectivity index (χ0) is 26.6. The van der Waals surface area contributed by atoms with E-state index in [0.29, 0.717) is 16.1 Å². The van der Waals surface area contributed by atoms with E-state index in [-0.39, 0.29) is 11.3 Å². The summed E-state index contributed by atoms with van der Waals surface area (Å²) < 4.78 is 38.3. The summed E-state index contributed by atoms with van der Waals surface area (Å²) in [5.74, 6) is -0.987. The molecule has 36 heavy (non-hydrogen) atoms. The Bertz CT molecular complexity index is 1180. The van der Waals surface area contributed by atoms with Gasteiger partial charge in [-0.1, -0.05) is 6.08 Å². The molecule has 1 fully saturated rings. The molecule has 2 amide bonds. The second-order valence-electron chi connectivity index (χ2n) is 11.2. The van der Waals surface area contributed by atoms with Crippen molar-refractivity contribution in [2.45, 2.75) is 90.6 Å². The maximum Gasteiger partial charge on any atom is 0.425 e. The number of alkyl halides is 1. The van der Waals surface area contributed by atoms with Gasteiger partial charge in [0.05, 0.1) is 12.4 Å². The van der Waals surface area contributed by atoms with E-state index < -0.39 is 54.1 Å². The molecule has 2 aliphatic rings. The molecule has 0 bridgehead atoms. The third-order valence-corrected chi connectivity index (χ3v) is 5.39. The molecule has 4 rings (SSSR count).